The first kappa shape index (κ1) is 31.3. The molecule has 4 N–H and O–H groups in total. The highest BCUT2D eigenvalue weighted by Crippen LogP contribution is 2.31. The fraction of sp³-hybridized carbons (Fsp3) is 0.773. The summed E-state index contributed by atoms with van der Waals surface area (Å²) in [4.78, 5) is 58.2. The van der Waals surface area contributed by atoms with Gasteiger partial charge in [-0.3, -0.25) is 24.0 Å². The van der Waals surface area contributed by atoms with Gasteiger partial charge in [0.15, 0.2) is 30.9 Å². The Morgan fingerprint density at radius 1 is 0.684 bits per heavy atom. The van der Waals surface area contributed by atoms with Gasteiger partial charge in [0.1, 0.15) is 37.1 Å². The molecule has 0 saturated carbocycles. The lowest BCUT2D eigenvalue weighted by Crippen LogP contribution is -2.65. The molecular weight excluding hydrogens is 518 g/mol. The van der Waals surface area contributed by atoms with Gasteiger partial charge in [0.05, 0.1) is 6.61 Å². The number of aliphatic hydroxyl groups is 3. The topological polar surface area (TPSA) is 223 Å². The van der Waals surface area contributed by atoms with Gasteiger partial charge in [0.25, 0.3) is 0 Å². The van der Waals surface area contributed by atoms with Crippen molar-refractivity contribution < 1.29 is 72.5 Å². The molecule has 2 rings (SSSR count). The van der Waals surface area contributed by atoms with Crippen LogP contribution in [0, 0.1) is 0 Å². The first-order valence-electron chi connectivity index (χ1n) is 11.6. The van der Waals surface area contributed by atoms with Crippen LogP contribution in [0.1, 0.15) is 34.6 Å². The molecular formula is C22H33NO15. The van der Waals surface area contributed by atoms with Crippen molar-refractivity contribution in [2.75, 3.05) is 13.2 Å². The van der Waals surface area contributed by atoms with E-state index in [9.17, 15) is 39.3 Å². The smallest absolute Gasteiger partial charge is 0.303 e. The molecule has 0 bridgehead atoms. The zero-order valence-corrected chi connectivity index (χ0v) is 21.4. The SMILES string of the molecule is CC(=O)NC1C(O)OC(COC2OC(COC(C)=O)C(OC(C)=O)C(OC(C)=O)C2OC(C)=O)C(O)C1O. The summed E-state index contributed by atoms with van der Waals surface area (Å²) >= 11 is 0. The van der Waals surface area contributed by atoms with Crippen molar-refractivity contribution >= 4 is 29.8 Å². The van der Waals surface area contributed by atoms with Crippen LogP contribution >= 0.6 is 0 Å². The molecule has 16 nitrogen and oxygen atoms in total. The van der Waals surface area contributed by atoms with Crippen LogP contribution in [-0.2, 0) is 57.1 Å². The lowest BCUT2D eigenvalue weighted by molar-refractivity contribution is -0.322. The van der Waals surface area contributed by atoms with Gasteiger partial charge in [-0.15, -0.1) is 0 Å². The molecule has 10 unspecified atom stereocenters. The largest absolute Gasteiger partial charge is 0.463 e. The van der Waals surface area contributed by atoms with Gasteiger partial charge in [0, 0.05) is 34.6 Å². The zero-order valence-electron chi connectivity index (χ0n) is 21.4. The molecule has 16 heteroatoms. The van der Waals surface area contributed by atoms with Crippen molar-refractivity contribution in [1.82, 2.24) is 5.32 Å². The Kier molecular flexibility index (Phi) is 11.4. The summed E-state index contributed by atoms with van der Waals surface area (Å²) in [5.74, 6) is -3.77. The standard InChI is InChI=1S/C22H33NO15/c1-8(24)23-15-17(30)16(29)13(37-21(15)31)6-33-22-20(36-12(5)28)19(35-11(4)27)18(34-10(3)26)14(38-22)7-32-9(2)25/h13-22,29-31H,6-7H2,1-5H3,(H,23,24). The van der Waals surface area contributed by atoms with Gasteiger partial charge in [-0.1, -0.05) is 0 Å². The molecule has 2 fully saturated rings. The summed E-state index contributed by atoms with van der Waals surface area (Å²) in [6.07, 6.45) is -13.6. The number of ether oxygens (including phenoxy) is 7. The number of rotatable bonds is 9. The Hall–Kier alpha value is -2.89. The fourth-order valence-electron chi connectivity index (χ4n) is 3.99. The molecule has 0 radical (unpaired) electrons. The fourth-order valence-corrected chi connectivity index (χ4v) is 3.99. The number of carbonyl (C=O) groups is 5. The quantitative estimate of drug-likeness (QED) is 0.166. The Labute approximate surface area is 217 Å². The first-order valence-corrected chi connectivity index (χ1v) is 11.6. The van der Waals surface area contributed by atoms with Crippen LogP contribution in [0.4, 0.5) is 0 Å². The number of amides is 1. The summed E-state index contributed by atoms with van der Waals surface area (Å²) < 4.78 is 37.5. The van der Waals surface area contributed by atoms with E-state index in [0.29, 0.717) is 0 Å². The predicted molar refractivity (Wildman–Crippen MR) is 118 cm³/mol. The van der Waals surface area contributed by atoms with E-state index in [2.05, 4.69) is 5.32 Å². The Morgan fingerprint density at radius 2 is 1.24 bits per heavy atom. The summed E-state index contributed by atoms with van der Waals surface area (Å²) in [7, 11) is 0. The zero-order chi connectivity index (χ0) is 28.7. The van der Waals surface area contributed by atoms with Crippen LogP contribution in [0.2, 0.25) is 0 Å². The van der Waals surface area contributed by atoms with Crippen LogP contribution in [0.5, 0.6) is 0 Å². The second kappa shape index (κ2) is 13.8. The van der Waals surface area contributed by atoms with E-state index >= 15 is 0 Å². The highest BCUT2D eigenvalue weighted by atomic mass is 16.7. The molecule has 0 spiro atoms. The molecule has 2 aliphatic rings. The lowest BCUT2D eigenvalue weighted by Gasteiger charge is -2.45. The molecule has 0 aromatic rings. The highest BCUT2D eigenvalue weighted by molar-refractivity contribution is 5.73. The van der Waals surface area contributed by atoms with E-state index < -0.39 is 104 Å². The minimum absolute atomic E-state index is 0.476. The van der Waals surface area contributed by atoms with Crippen LogP contribution in [-0.4, -0.2) is 120 Å². The Morgan fingerprint density at radius 3 is 1.76 bits per heavy atom. The van der Waals surface area contributed by atoms with Gasteiger partial charge < -0.3 is 53.8 Å². The summed E-state index contributed by atoms with van der Waals surface area (Å²) in [6.45, 7) is 4.40. The van der Waals surface area contributed by atoms with Crippen molar-refractivity contribution in [2.45, 2.75) is 96.0 Å². The number of aliphatic hydroxyl groups excluding tert-OH is 3. The normalized spacial score (nSPS) is 34.9. The second-order valence-electron chi connectivity index (χ2n) is 8.67. The van der Waals surface area contributed by atoms with E-state index in [4.69, 9.17) is 33.2 Å². The van der Waals surface area contributed by atoms with Crippen LogP contribution in [0.3, 0.4) is 0 Å². The second-order valence-corrected chi connectivity index (χ2v) is 8.67. The summed E-state index contributed by atoms with van der Waals surface area (Å²) in [5.41, 5.74) is 0. The molecule has 2 saturated heterocycles. The number of hydrogen-bond donors (Lipinski definition) is 4. The van der Waals surface area contributed by atoms with E-state index in [1.807, 2.05) is 0 Å². The van der Waals surface area contributed by atoms with Crippen molar-refractivity contribution in [3.63, 3.8) is 0 Å². The van der Waals surface area contributed by atoms with Crippen molar-refractivity contribution in [2.24, 2.45) is 0 Å². The van der Waals surface area contributed by atoms with E-state index in [1.54, 1.807) is 0 Å². The maximum absolute atomic E-state index is 11.9. The third-order valence-electron chi connectivity index (χ3n) is 5.46. The third kappa shape index (κ3) is 8.57. The average Bonchev–Trinajstić information content (AvgIpc) is 2.79. The lowest BCUT2D eigenvalue weighted by atomic mass is 9.96. The number of carbonyl (C=O) groups excluding carboxylic acids is 5. The van der Waals surface area contributed by atoms with Crippen LogP contribution < -0.4 is 5.32 Å². The van der Waals surface area contributed by atoms with Crippen molar-refractivity contribution in [1.29, 1.82) is 0 Å². The minimum Gasteiger partial charge on any atom is -0.463 e. The molecule has 2 heterocycles. The minimum atomic E-state index is -1.72. The molecule has 1 amide bonds. The van der Waals surface area contributed by atoms with Crippen molar-refractivity contribution in [3.8, 4) is 0 Å². The van der Waals surface area contributed by atoms with Gasteiger partial charge in [-0.05, 0) is 0 Å². The Bertz CT molecular complexity index is 881. The number of hydrogen-bond acceptors (Lipinski definition) is 15. The predicted octanol–water partition coefficient (Wildman–Crippen LogP) is -2.97. The first-order chi connectivity index (χ1) is 17.7. The van der Waals surface area contributed by atoms with Gasteiger partial charge in [0.2, 0.25) is 5.91 Å². The maximum atomic E-state index is 11.9. The van der Waals surface area contributed by atoms with E-state index in [1.165, 1.54) is 0 Å². The van der Waals surface area contributed by atoms with E-state index in [0.717, 1.165) is 34.6 Å². The highest BCUT2D eigenvalue weighted by Gasteiger charge is 2.53. The van der Waals surface area contributed by atoms with Gasteiger partial charge >= 0.3 is 23.9 Å². The summed E-state index contributed by atoms with van der Waals surface area (Å²) in [6, 6.07) is -1.33. The molecule has 38 heavy (non-hydrogen) atoms. The molecule has 0 aromatic heterocycles. The molecule has 216 valence electrons. The Balaban J connectivity index is 2.31. The monoisotopic (exact) mass is 551 g/mol. The van der Waals surface area contributed by atoms with Crippen LogP contribution in [0.25, 0.3) is 0 Å². The molecule has 0 aromatic carbocycles. The maximum Gasteiger partial charge on any atom is 0.303 e. The molecule has 10 atom stereocenters. The molecule has 2 aliphatic heterocycles. The summed E-state index contributed by atoms with van der Waals surface area (Å²) in [5, 5.41) is 33.3. The van der Waals surface area contributed by atoms with Gasteiger partial charge in [-0.2, -0.15) is 0 Å². The average molecular weight is 551 g/mol. The van der Waals surface area contributed by atoms with E-state index in [-0.39, 0.29) is 0 Å². The number of nitrogens with one attached hydrogen (secondary N) is 1. The third-order valence-corrected chi connectivity index (χ3v) is 5.46. The van der Waals surface area contributed by atoms with Crippen LogP contribution in [0.15, 0.2) is 0 Å². The van der Waals surface area contributed by atoms with Crippen molar-refractivity contribution in [3.05, 3.63) is 0 Å². The number of esters is 4. The van der Waals surface area contributed by atoms with Gasteiger partial charge in [-0.25, -0.2) is 0 Å². The molecule has 0 aliphatic carbocycles.